The second kappa shape index (κ2) is 5.94. The van der Waals surface area contributed by atoms with Crippen molar-refractivity contribution in [3.8, 4) is 5.75 Å². The summed E-state index contributed by atoms with van der Waals surface area (Å²) in [4.78, 5) is 11.4. The molecule has 7 heteroatoms. The van der Waals surface area contributed by atoms with Crippen LogP contribution in [0.5, 0.6) is 5.75 Å². The average molecular weight is 307 g/mol. The Kier molecular flexibility index (Phi) is 4.25. The number of carbonyl (C=O) groups is 1. The van der Waals surface area contributed by atoms with Gasteiger partial charge in [0.2, 0.25) is 0 Å². The number of aryl methyl sites for hydroxylation is 1. The van der Waals surface area contributed by atoms with Gasteiger partial charge in [0, 0.05) is 0 Å². The van der Waals surface area contributed by atoms with Crippen LogP contribution in [0, 0.1) is 6.92 Å². The van der Waals surface area contributed by atoms with Crippen LogP contribution in [0.3, 0.4) is 0 Å². The number of nitrogens with one attached hydrogen (secondary N) is 1. The Labute approximate surface area is 122 Å². The van der Waals surface area contributed by atoms with Crippen LogP contribution < -0.4 is 9.66 Å². The first-order chi connectivity index (χ1) is 9.94. The summed E-state index contributed by atoms with van der Waals surface area (Å²) in [7, 11) is -4.06. The summed E-state index contributed by atoms with van der Waals surface area (Å²) in [6, 6.07) is 11.8. The Bertz CT molecular complexity index is 753. The van der Waals surface area contributed by atoms with E-state index < -0.39 is 16.0 Å². The van der Waals surface area contributed by atoms with Gasteiger partial charge in [-0.15, -0.1) is 0 Å². The smallest absolute Gasteiger partial charge is 0.339 e. The molecule has 0 atom stereocenters. The van der Waals surface area contributed by atoms with Gasteiger partial charge in [0.05, 0.1) is 5.56 Å². The quantitative estimate of drug-likeness (QED) is 0.511. The van der Waals surface area contributed by atoms with Crippen LogP contribution in [-0.2, 0) is 10.1 Å². The van der Waals surface area contributed by atoms with Gasteiger partial charge in [-0.3, -0.25) is 10.0 Å². The van der Waals surface area contributed by atoms with Crippen molar-refractivity contribution in [1.29, 1.82) is 0 Å². The van der Waals surface area contributed by atoms with E-state index in [2.05, 4.69) is 0 Å². The molecule has 0 saturated carbocycles. The Morgan fingerprint density at radius 2 is 1.71 bits per heavy atom. The lowest BCUT2D eigenvalue weighted by molar-refractivity contribution is 0.0704. The molecule has 2 aromatic rings. The van der Waals surface area contributed by atoms with Crippen LogP contribution in [-0.4, -0.2) is 19.5 Å². The highest BCUT2D eigenvalue weighted by molar-refractivity contribution is 7.87. The van der Waals surface area contributed by atoms with Crippen LogP contribution in [0.4, 0.5) is 0 Å². The van der Waals surface area contributed by atoms with E-state index >= 15 is 0 Å². The normalized spacial score (nSPS) is 11.0. The zero-order valence-electron chi connectivity index (χ0n) is 11.1. The van der Waals surface area contributed by atoms with E-state index in [9.17, 15) is 13.2 Å². The van der Waals surface area contributed by atoms with Gasteiger partial charge in [-0.1, -0.05) is 29.8 Å². The van der Waals surface area contributed by atoms with Gasteiger partial charge in [-0.25, -0.2) is 5.48 Å². The number of hydrogen-bond donors (Lipinski definition) is 2. The number of amides is 1. The highest BCUT2D eigenvalue weighted by atomic mass is 32.2. The van der Waals surface area contributed by atoms with Crippen molar-refractivity contribution in [2.45, 2.75) is 11.8 Å². The molecule has 2 aromatic carbocycles. The molecule has 0 radical (unpaired) electrons. The lowest BCUT2D eigenvalue weighted by atomic mass is 10.2. The van der Waals surface area contributed by atoms with E-state index in [0.29, 0.717) is 0 Å². The molecule has 0 spiro atoms. The minimum absolute atomic E-state index is 0.0210. The summed E-state index contributed by atoms with van der Waals surface area (Å²) >= 11 is 0. The zero-order valence-corrected chi connectivity index (χ0v) is 11.9. The van der Waals surface area contributed by atoms with Crippen LogP contribution in [0.25, 0.3) is 0 Å². The van der Waals surface area contributed by atoms with Gasteiger partial charge < -0.3 is 4.18 Å². The SMILES string of the molecule is Cc1ccc(S(=O)(=O)Oc2ccccc2C(=O)NO)cc1. The van der Waals surface area contributed by atoms with Crippen molar-refractivity contribution in [3.05, 3.63) is 59.7 Å². The maximum absolute atomic E-state index is 12.2. The molecular formula is C14H13NO5S. The Hall–Kier alpha value is -2.38. The molecule has 2 N–H and O–H groups in total. The van der Waals surface area contributed by atoms with Gasteiger partial charge in [-0.2, -0.15) is 8.42 Å². The lowest BCUT2D eigenvalue weighted by Gasteiger charge is -2.10. The van der Waals surface area contributed by atoms with E-state index in [-0.39, 0.29) is 16.2 Å². The van der Waals surface area contributed by atoms with Crippen molar-refractivity contribution < 1.29 is 22.6 Å². The highest BCUT2D eigenvalue weighted by Crippen LogP contribution is 2.23. The fraction of sp³-hybridized carbons (Fsp3) is 0.0714. The first-order valence-corrected chi connectivity index (χ1v) is 7.39. The van der Waals surface area contributed by atoms with Gasteiger partial charge in [-0.05, 0) is 31.2 Å². The van der Waals surface area contributed by atoms with Crippen molar-refractivity contribution in [3.63, 3.8) is 0 Å². The molecule has 0 aromatic heterocycles. The summed E-state index contributed by atoms with van der Waals surface area (Å²) in [5.74, 6) is -1.02. The molecule has 21 heavy (non-hydrogen) atoms. The molecule has 0 heterocycles. The number of hydrogen-bond acceptors (Lipinski definition) is 5. The number of hydroxylamine groups is 1. The fourth-order valence-electron chi connectivity index (χ4n) is 1.66. The minimum Gasteiger partial charge on any atom is -0.378 e. The van der Waals surface area contributed by atoms with Crippen LogP contribution in [0.1, 0.15) is 15.9 Å². The molecule has 2 rings (SSSR count). The fourth-order valence-corrected chi connectivity index (χ4v) is 2.61. The van der Waals surface area contributed by atoms with Crippen molar-refractivity contribution in [1.82, 2.24) is 5.48 Å². The predicted molar refractivity (Wildman–Crippen MR) is 74.7 cm³/mol. The van der Waals surface area contributed by atoms with E-state index in [1.165, 1.54) is 41.9 Å². The molecule has 0 aliphatic carbocycles. The Morgan fingerprint density at radius 1 is 1.10 bits per heavy atom. The largest absolute Gasteiger partial charge is 0.378 e. The molecule has 6 nitrogen and oxygen atoms in total. The van der Waals surface area contributed by atoms with Crippen LogP contribution in [0.15, 0.2) is 53.4 Å². The maximum atomic E-state index is 12.2. The van der Waals surface area contributed by atoms with E-state index in [1.54, 1.807) is 12.1 Å². The van der Waals surface area contributed by atoms with Gasteiger partial charge in [0.1, 0.15) is 4.90 Å². The molecule has 0 aliphatic rings. The van der Waals surface area contributed by atoms with Crippen LogP contribution in [0.2, 0.25) is 0 Å². The summed E-state index contributed by atoms with van der Waals surface area (Å²) < 4.78 is 29.3. The molecule has 0 bridgehead atoms. The van der Waals surface area contributed by atoms with Crippen molar-refractivity contribution in [2.24, 2.45) is 0 Å². The first-order valence-electron chi connectivity index (χ1n) is 5.98. The summed E-state index contributed by atoms with van der Waals surface area (Å²) in [5.41, 5.74) is 2.26. The van der Waals surface area contributed by atoms with Crippen LogP contribution >= 0.6 is 0 Å². The third-order valence-electron chi connectivity index (χ3n) is 2.74. The molecule has 1 amide bonds. The van der Waals surface area contributed by atoms with Crippen molar-refractivity contribution in [2.75, 3.05) is 0 Å². The van der Waals surface area contributed by atoms with E-state index in [0.717, 1.165) is 5.56 Å². The summed E-state index contributed by atoms with van der Waals surface area (Å²) in [6.07, 6.45) is 0. The number of benzene rings is 2. The average Bonchev–Trinajstić information content (AvgIpc) is 2.47. The second-order valence-corrected chi connectivity index (χ2v) is 5.83. The van der Waals surface area contributed by atoms with Gasteiger partial charge in [0.15, 0.2) is 5.75 Å². The third kappa shape index (κ3) is 3.39. The number of carbonyl (C=O) groups excluding carboxylic acids is 1. The summed E-state index contributed by atoms with van der Waals surface area (Å²) in [5, 5.41) is 8.65. The maximum Gasteiger partial charge on any atom is 0.339 e. The molecule has 0 aliphatic heterocycles. The molecular weight excluding hydrogens is 294 g/mol. The Morgan fingerprint density at radius 3 is 2.33 bits per heavy atom. The standard InChI is InChI=1S/C14H13NO5S/c1-10-6-8-11(9-7-10)21(18,19)20-13-5-3-2-4-12(13)14(16)15-17/h2-9,17H,1H3,(H,15,16). The van der Waals surface area contributed by atoms with Crippen molar-refractivity contribution >= 4 is 16.0 Å². The number of para-hydroxylation sites is 1. The summed E-state index contributed by atoms with van der Waals surface area (Å²) in [6.45, 7) is 1.83. The highest BCUT2D eigenvalue weighted by Gasteiger charge is 2.20. The first kappa shape index (κ1) is 15.0. The van der Waals surface area contributed by atoms with Gasteiger partial charge in [0.25, 0.3) is 5.91 Å². The minimum atomic E-state index is -4.06. The second-order valence-electron chi connectivity index (χ2n) is 4.29. The number of rotatable bonds is 4. The van der Waals surface area contributed by atoms with Gasteiger partial charge >= 0.3 is 10.1 Å². The zero-order chi connectivity index (χ0) is 15.5. The molecule has 0 saturated heterocycles. The Balaban J connectivity index is 2.37. The molecule has 0 fully saturated rings. The molecule has 0 unspecified atom stereocenters. The predicted octanol–water partition coefficient (Wildman–Crippen LogP) is 1.88. The molecule has 110 valence electrons. The topological polar surface area (TPSA) is 92.7 Å². The van der Waals surface area contributed by atoms with E-state index in [4.69, 9.17) is 9.39 Å². The lowest BCUT2D eigenvalue weighted by Crippen LogP contribution is -2.20. The monoisotopic (exact) mass is 307 g/mol. The third-order valence-corrected chi connectivity index (χ3v) is 3.99. The van der Waals surface area contributed by atoms with E-state index in [1.807, 2.05) is 6.92 Å².